The minimum atomic E-state index is -0.893. The molecule has 0 radical (unpaired) electrons. The lowest BCUT2D eigenvalue weighted by Crippen LogP contribution is -2.09. The maximum atomic E-state index is 12.2. The second-order valence-corrected chi connectivity index (χ2v) is 5.89. The van der Waals surface area contributed by atoms with Crippen LogP contribution in [0.2, 0.25) is 5.02 Å². The number of nitrogens with zero attached hydrogens (tertiary/aromatic N) is 3. The lowest BCUT2D eigenvalue weighted by Gasteiger charge is -2.10. The van der Waals surface area contributed by atoms with Gasteiger partial charge in [0, 0.05) is 22.7 Å². The van der Waals surface area contributed by atoms with E-state index in [1.54, 1.807) is 0 Å². The van der Waals surface area contributed by atoms with E-state index in [4.69, 9.17) is 20.8 Å². The van der Waals surface area contributed by atoms with E-state index in [2.05, 4.69) is 10.2 Å². The number of non-ortho nitro benzene ring substituents is 1. The third-order valence-electron chi connectivity index (χ3n) is 3.58. The molecule has 1 aromatic heterocycles. The molecule has 3 aromatic rings. The number of aromatic nitrogens is 2. The van der Waals surface area contributed by atoms with Crippen LogP contribution in [0.25, 0.3) is 11.5 Å². The van der Waals surface area contributed by atoms with E-state index in [-0.39, 0.29) is 33.8 Å². The lowest BCUT2D eigenvalue weighted by atomic mass is 10.2. The number of phenolic OH excluding ortho intramolecular Hbond substituents is 1. The Morgan fingerprint density at radius 3 is 2.63 bits per heavy atom. The van der Waals surface area contributed by atoms with Gasteiger partial charge in [0.15, 0.2) is 6.10 Å². The fourth-order valence-electron chi connectivity index (χ4n) is 2.19. The SMILES string of the molecule is C[C@H](OC(=O)c1cc(Cl)ccc1O)c1nnc(-c2ccc([N+](=O)[O-])cc2)o1. The lowest BCUT2D eigenvalue weighted by molar-refractivity contribution is -0.384. The number of halogens is 1. The minimum Gasteiger partial charge on any atom is -0.507 e. The predicted molar refractivity (Wildman–Crippen MR) is 93.3 cm³/mol. The first-order chi connectivity index (χ1) is 12.8. The van der Waals surface area contributed by atoms with Crippen molar-refractivity contribution in [1.82, 2.24) is 10.2 Å². The van der Waals surface area contributed by atoms with Crippen molar-refractivity contribution < 1.29 is 24.0 Å². The van der Waals surface area contributed by atoms with Crippen LogP contribution < -0.4 is 0 Å². The van der Waals surface area contributed by atoms with Gasteiger partial charge in [0.2, 0.25) is 5.89 Å². The molecule has 0 aliphatic heterocycles. The van der Waals surface area contributed by atoms with E-state index in [1.165, 1.54) is 49.4 Å². The first-order valence-electron chi connectivity index (χ1n) is 7.63. The Morgan fingerprint density at radius 1 is 1.26 bits per heavy atom. The van der Waals surface area contributed by atoms with Crippen molar-refractivity contribution in [2.75, 3.05) is 0 Å². The molecule has 2 aromatic carbocycles. The van der Waals surface area contributed by atoms with Gasteiger partial charge in [-0.3, -0.25) is 10.1 Å². The van der Waals surface area contributed by atoms with Gasteiger partial charge in [-0.1, -0.05) is 11.6 Å². The number of hydrogen-bond acceptors (Lipinski definition) is 8. The van der Waals surface area contributed by atoms with Gasteiger partial charge in [0.25, 0.3) is 11.6 Å². The molecule has 0 fully saturated rings. The summed E-state index contributed by atoms with van der Waals surface area (Å²) >= 11 is 5.81. The molecule has 27 heavy (non-hydrogen) atoms. The number of benzene rings is 2. The first kappa shape index (κ1) is 18.3. The number of rotatable bonds is 5. The van der Waals surface area contributed by atoms with Crippen LogP contribution in [0.5, 0.6) is 5.75 Å². The number of nitro groups is 1. The minimum absolute atomic E-state index is 0.0261. The molecule has 0 saturated carbocycles. The third-order valence-corrected chi connectivity index (χ3v) is 3.81. The molecule has 0 spiro atoms. The summed E-state index contributed by atoms with van der Waals surface area (Å²) in [5, 5.41) is 28.4. The molecule has 1 atom stereocenters. The van der Waals surface area contributed by atoms with Crippen LogP contribution in [0.1, 0.15) is 29.3 Å². The Bertz CT molecular complexity index is 1000. The molecule has 0 saturated heterocycles. The first-order valence-corrected chi connectivity index (χ1v) is 8.00. The van der Waals surface area contributed by atoms with E-state index in [1.807, 2.05) is 0 Å². The summed E-state index contributed by atoms with van der Waals surface area (Å²) in [6, 6.07) is 9.55. The maximum Gasteiger partial charge on any atom is 0.342 e. The van der Waals surface area contributed by atoms with Gasteiger partial charge < -0.3 is 14.3 Å². The van der Waals surface area contributed by atoms with E-state index < -0.39 is 17.0 Å². The maximum absolute atomic E-state index is 12.2. The fraction of sp³-hybridized carbons (Fsp3) is 0.118. The van der Waals surface area contributed by atoms with Gasteiger partial charge in [-0.2, -0.15) is 0 Å². The number of hydrogen-bond donors (Lipinski definition) is 1. The monoisotopic (exact) mass is 389 g/mol. The molecular formula is C17H12ClN3O6. The summed E-state index contributed by atoms with van der Waals surface area (Å²) in [6.07, 6.45) is -0.893. The summed E-state index contributed by atoms with van der Waals surface area (Å²) in [6.45, 7) is 1.52. The van der Waals surface area contributed by atoms with Crippen LogP contribution in [0.15, 0.2) is 46.9 Å². The number of carbonyl (C=O) groups excluding carboxylic acids is 1. The van der Waals surface area contributed by atoms with Crippen molar-refractivity contribution in [2.45, 2.75) is 13.0 Å². The van der Waals surface area contributed by atoms with Crippen LogP contribution in [0, 0.1) is 10.1 Å². The highest BCUT2D eigenvalue weighted by molar-refractivity contribution is 6.31. The van der Waals surface area contributed by atoms with E-state index in [0.717, 1.165) is 0 Å². The zero-order valence-corrected chi connectivity index (χ0v) is 14.6. The average molecular weight is 390 g/mol. The molecule has 10 heteroatoms. The second kappa shape index (κ2) is 7.42. The summed E-state index contributed by atoms with van der Waals surface area (Å²) in [7, 11) is 0. The number of carbonyl (C=O) groups is 1. The Balaban J connectivity index is 1.74. The molecule has 0 aliphatic rings. The van der Waals surface area contributed by atoms with Gasteiger partial charge in [-0.05, 0) is 37.3 Å². The molecule has 0 unspecified atom stereocenters. The van der Waals surface area contributed by atoms with Crippen molar-refractivity contribution in [3.05, 3.63) is 69.1 Å². The normalized spacial score (nSPS) is 11.8. The Kier molecular flexibility index (Phi) is 5.04. The van der Waals surface area contributed by atoms with Crippen molar-refractivity contribution in [3.63, 3.8) is 0 Å². The van der Waals surface area contributed by atoms with Crippen LogP contribution in [0.4, 0.5) is 5.69 Å². The summed E-state index contributed by atoms with van der Waals surface area (Å²) in [4.78, 5) is 22.4. The van der Waals surface area contributed by atoms with Crippen LogP contribution in [-0.4, -0.2) is 26.2 Å². The van der Waals surface area contributed by atoms with E-state index >= 15 is 0 Å². The smallest absolute Gasteiger partial charge is 0.342 e. The van der Waals surface area contributed by atoms with Crippen LogP contribution in [0.3, 0.4) is 0 Å². The van der Waals surface area contributed by atoms with Gasteiger partial charge in [-0.15, -0.1) is 10.2 Å². The highest BCUT2D eigenvalue weighted by Crippen LogP contribution is 2.27. The van der Waals surface area contributed by atoms with Gasteiger partial charge in [-0.25, -0.2) is 4.79 Å². The highest BCUT2D eigenvalue weighted by atomic mass is 35.5. The second-order valence-electron chi connectivity index (χ2n) is 5.46. The average Bonchev–Trinajstić information content (AvgIpc) is 3.14. The predicted octanol–water partition coefficient (Wildman–Crippen LogP) is 3.92. The number of phenols is 1. The summed E-state index contributed by atoms with van der Waals surface area (Å²) < 4.78 is 10.7. The number of nitro benzene ring substituents is 1. The summed E-state index contributed by atoms with van der Waals surface area (Å²) in [5.74, 6) is -0.932. The highest BCUT2D eigenvalue weighted by Gasteiger charge is 2.22. The zero-order chi connectivity index (χ0) is 19.6. The fourth-order valence-corrected chi connectivity index (χ4v) is 2.36. The number of aromatic hydroxyl groups is 1. The van der Waals surface area contributed by atoms with Crippen molar-refractivity contribution >= 4 is 23.3 Å². The zero-order valence-electron chi connectivity index (χ0n) is 13.8. The summed E-state index contributed by atoms with van der Waals surface area (Å²) in [5.41, 5.74) is 0.317. The molecular weight excluding hydrogens is 378 g/mol. The largest absolute Gasteiger partial charge is 0.507 e. The van der Waals surface area contributed by atoms with E-state index in [9.17, 15) is 20.0 Å². The third kappa shape index (κ3) is 4.04. The van der Waals surface area contributed by atoms with Crippen molar-refractivity contribution in [1.29, 1.82) is 0 Å². The number of esters is 1. The molecule has 0 amide bonds. The van der Waals surface area contributed by atoms with Gasteiger partial charge in [0.05, 0.1) is 4.92 Å². The van der Waals surface area contributed by atoms with Gasteiger partial charge in [0.1, 0.15) is 11.3 Å². The molecule has 3 rings (SSSR count). The molecule has 1 N–H and O–H groups in total. The van der Waals surface area contributed by atoms with Crippen molar-refractivity contribution in [2.24, 2.45) is 0 Å². The molecule has 0 aliphatic carbocycles. The Morgan fingerprint density at radius 2 is 1.96 bits per heavy atom. The van der Waals surface area contributed by atoms with Crippen molar-refractivity contribution in [3.8, 4) is 17.2 Å². The Hall–Kier alpha value is -3.46. The van der Waals surface area contributed by atoms with E-state index in [0.29, 0.717) is 5.56 Å². The van der Waals surface area contributed by atoms with Crippen LogP contribution >= 0.6 is 11.6 Å². The molecule has 138 valence electrons. The van der Waals surface area contributed by atoms with Crippen LogP contribution in [-0.2, 0) is 4.74 Å². The number of ether oxygens (including phenoxy) is 1. The molecule has 1 heterocycles. The molecule has 9 nitrogen and oxygen atoms in total. The quantitative estimate of drug-likeness (QED) is 0.395. The topological polar surface area (TPSA) is 129 Å². The Labute approximate surface area is 157 Å². The molecule has 0 bridgehead atoms. The van der Waals surface area contributed by atoms with Gasteiger partial charge >= 0.3 is 5.97 Å². The standard InChI is InChI=1S/C17H12ClN3O6/c1-9(26-17(23)13-8-11(18)4-7-14(13)22)15-19-20-16(27-15)10-2-5-12(6-3-10)21(24)25/h2-9,22H,1H3/t9-/m0/s1.